The van der Waals surface area contributed by atoms with Crippen molar-refractivity contribution in [1.82, 2.24) is 4.90 Å². The van der Waals surface area contributed by atoms with E-state index < -0.39 is 0 Å². The van der Waals surface area contributed by atoms with Crippen LogP contribution in [0.4, 0.5) is 0 Å². The van der Waals surface area contributed by atoms with Gasteiger partial charge in [0.05, 0.1) is 6.61 Å². The minimum atomic E-state index is 0.324. The lowest BCUT2D eigenvalue weighted by Crippen LogP contribution is -2.27. The average molecular weight is 306 g/mol. The molecule has 0 atom stereocenters. The molecule has 0 aromatic heterocycles. The van der Waals surface area contributed by atoms with Crippen LogP contribution in [0.15, 0.2) is 0 Å². The second-order valence-corrected chi connectivity index (χ2v) is 6.46. The number of hydrogen-bond acceptors (Lipinski definition) is 3. The minimum Gasteiger partial charge on any atom is -0.396 e. The SMILES string of the molecule is CCCCN(CCCC)CCCC.CCCSCCO. The second-order valence-electron chi connectivity index (χ2n) is 5.24. The van der Waals surface area contributed by atoms with E-state index in [0.29, 0.717) is 6.61 Å². The van der Waals surface area contributed by atoms with Gasteiger partial charge in [-0.25, -0.2) is 0 Å². The molecule has 0 aromatic rings. The van der Waals surface area contributed by atoms with Crippen molar-refractivity contribution >= 4 is 11.8 Å². The van der Waals surface area contributed by atoms with E-state index in [-0.39, 0.29) is 0 Å². The van der Waals surface area contributed by atoms with Crippen LogP contribution >= 0.6 is 11.8 Å². The molecule has 0 unspecified atom stereocenters. The summed E-state index contributed by atoms with van der Waals surface area (Å²) in [6.45, 7) is 13.2. The molecule has 0 radical (unpaired) electrons. The normalized spacial score (nSPS) is 10.5. The highest BCUT2D eigenvalue weighted by Crippen LogP contribution is 2.01. The fraction of sp³-hybridized carbons (Fsp3) is 1.00. The fourth-order valence-electron chi connectivity index (χ4n) is 1.79. The van der Waals surface area contributed by atoms with Crippen molar-refractivity contribution in [1.29, 1.82) is 0 Å². The van der Waals surface area contributed by atoms with E-state index in [4.69, 9.17) is 5.11 Å². The molecule has 2 nitrogen and oxygen atoms in total. The van der Waals surface area contributed by atoms with Crippen LogP contribution in [0.2, 0.25) is 0 Å². The third kappa shape index (κ3) is 20.6. The maximum Gasteiger partial charge on any atom is 0.0521 e. The van der Waals surface area contributed by atoms with Gasteiger partial charge >= 0.3 is 0 Å². The van der Waals surface area contributed by atoms with Crippen LogP contribution < -0.4 is 0 Å². The van der Waals surface area contributed by atoms with Gasteiger partial charge in [0, 0.05) is 5.75 Å². The summed E-state index contributed by atoms with van der Waals surface area (Å²) in [5.41, 5.74) is 0. The van der Waals surface area contributed by atoms with Crippen molar-refractivity contribution < 1.29 is 5.11 Å². The summed E-state index contributed by atoms with van der Waals surface area (Å²) in [7, 11) is 0. The molecule has 0 amide bonds. The summed E-state index contributed by atoms with van der Waals surface area (Å²) >= 11 is 1.80. The fourth-order valence-corrected chi connectivity index (χ4v) is 2.41. The smallest absolute Gasteiger partial charge is 0.0521 e. The highest BCUT2D eigenvalue weighted by Gasteiger charge is 2.01. The molecular formula is C17H39NOS. The Morgan fingerprint density at radius 2 is 1.15 bits per heavy atom. The zero-order valence-corrected chi connectivity index (χ0v) is 15.3. The quantitative estimate of drug-likeness (QED) is 0.494. The lowest BCUT2D eigenvalue weighted by Gasteiger charge is -2.21. The van der Waals surface area contributed by atoms with Crippen molar-refractivity contribution in [3.05, 3.63) is 0 Å². The van der Waals surface area contributed by atoms with Crippen LogP contribution in [-0.2, 0) is 0 Å². The Kier molecular flexibility index (Phi) is 24.3. The van der Waals surface area contributed by atoms with E-state index >= 15 is 0 Å². The highest BCUT2D eigenvalue weighted by molar-refractivity contribution is 7.99. The molecule has 0 saturated carbocycles. The summed E-state index contributed by atoms with van der Waals surface area (Å²) in [5, 5.41) is 8.27. The van der Waals surface area contributed by atoms with Crippen molar-refractivity contribution in [2.75, 3.05) is 37.7 Å². The van der Waals surface area contributed by atoms with E-state index in [9.17, 15) is 0 Å². The number of aliphatic hydroxyl groups excluding tert-OH is 1. The first kappa shape index (κ1) is 22.5. The van der Waals surface area contributed by atoms with E-state index in [1.165, 1.54) is 70.3 Å². The predicted molar refractivity (Wildman–Crippen MR) is 95.9 cm³/mol. The number of hydrogen-bond donors (Lipinski definition) is 1. The zero-order chi connectivity index (χ0) is 15.5. The summed E-state index contributed by atoms with van der Waals surface area (Å²) in [6.07, 6.45) is 9.30. The van der Waals surface area contributed by atoms with Gasteiger partial charge in [-0.15, -0.1) is 0 Å². The molecule has 1 N–H and O–H groups in total. The first-order valence-electron chi connectivity index (χ1n) is 8.67. The maximum absolute atomic E-state index is 8.27. The Balaban J connectivity index is 0. The summed E-state index contributed by atoms with van der Waals surface area (Å²) < 4.78 is 0. The lowest BCUT2D eigenvalue weighted by atomic mass is 10.2. The maximum atomic E-state index is 8.27. The van der Waals surface area contributed by atoms with Crippen LogP contribution in [0.1, 0.15) is 72.6 Å². The number of unbranched alkanes of at least 4 members (excludes halogenated alkanes) is 3. The van der Waals surface area contributed by atoms with Crippen molar-refractivity contribution in [3.63, 3.8) is 0 Å². The van der Waals surface area contributed by atoms with E-state index in [0.717, 1.165) is 5.75 Å². The van der Waals surface area contributed by atoms with E-state index in [2.05, 4.69) is 32.6 Å². The van der Waals surface area contributed by atoms with Crippen molar-refractivity contribution in [2.24, 2.45) is 0 Å². The van der Waals surface area contributed by atoms with Crippen LogP contribution in [0, 0.1) is 0 Å². The first-order chi connectivity index (χ1) is 9.76. The van der Waals surface area contributed by atoms with Gasteiger partial charge < -0.3 is 10.0 Å². The minimum absolute atomic E-state index is 0.324. The van der Waals surface area contributed by atoms with Crippen LogP contribution in [0.5, 0.6) is 0 Å². The van der Waals surface area contributed by atoms with Gasteiger partial charge in [0.15, 0.2) is 0 Å². The molecule has 3 heteroatoms. The molecule has 0 aromatic carbocycles. The third-order valence-corrected chi connectivity index (χ3v) is 4.24. The molecule has 0 saturated heterocycles. The Hall–Kier alpha value is 0.270. The first-order valence-corrected chi connectivity index (χ1v) is 9.83. The standard InChI is InChI=1S/C12H27N.C5H12OS/c1-4-7-10-13(11-8-5-2)12-9-6-3;1-2-4-7-5-3-6/h4-12H2,1-3H3;6H,2-5H2,1H3. The molecule has 0 rings (SSSR count). The molecule has 0 heterocycles. The lowest BCUT2D eigenvalue weighted by molar-refractivity contribution is 0.261. The van der Waals surface area contributed by atoms with Gasteiger partial charge in [0.2, 0.25) is 0 Å². The second kappa shape index (κ2) is 21.6. The molecule has 0 fully saturated rings. The monoisotopic (exact) mass is 305 g/mol. The van der Waals surface area contributed by atoms with Crippen LogP contribution in [-0.4, -0.2) is 47.8 Å². The molecule has 0 bridgehead atoms. The average Bonchev–Trinajstić information content (AvgIpc) is 2.48. The number of rotatable bonds is 13. The van der Waals surface area contributed by atoms with Crippen LogP contribution in [0.25, 0.3) is 0 Å². The van der Waals surface area contributed by atoms with Gasteiger partial charge in [0.25, 0.3) is 0 Å². The summed E-state index contributed by atoms with van der Waals surface area (Å²) in [4.78, 5) is 2.64. The molecule has 20 heavy (non-hydrogen) atoms. The highest BCUT2D eigenvalue weighted by atomic mass is 32.2. The van der Waals surface area contributed by atoms with E-state index in [1.807, 2.05) is 0 Å². The number of aliphatic hydroxyl groups is 1. The van der Waals surface area contributed by atoms with Gasteiger partial charge in [-0.2, -0.15) is 11.8 Å². The summed E-state index contributed by atoms with van der Waals surface area (Å²) in [5.74, 6) is 2.08. The largest absolute Gasteiger partial charge is 0.396 e. The van der Waals surface area contributed by atoms with Gasteiger partial charge in [-0.05, 0) is 51.1 Å². The molecule has 0 aliphatic carbocycles. The van der Waals surface area contributed by atoms with Gasteiger partial charge in [-0.3, -0.25) is 0 Å². The Morgan fingerprint density at radius 3 is 1.45 bits per heavy atom. The molecular weight excluding hydrogens is 266 g/mol. The predicted octanol–water partition coefficient (Wildman–Crippen LogP) is 4.81. The number of nitrogens with zero attached hydrogens (tertiary/aromatic N) is 1. The molecule has 0 spiro atoms. The molecule has 124 valence electrons. The van der Waals surface area contributed by atoms with Crippen molar-refractivity contribution in [2.45, 2.75) is 72.6 Å². The van der Waals surface area contributed by atoms with Crippen molar-refractivity contribution in [3.8, 4) is 0 Å². The Morgan fingerprint density at radius 1 is 0.700 bits per heavy atom. The Labute approximate surface area is 132 Å². The van der Waals surface area contributed by atoms with Crippen LogP contribution in [0.3, 0.4) is 0 Å². The molecule has 0 aliphatic rings. The topological polar surface area (TPSA) is 23.5 Å². The van der Waals surface area contributed by atoms with Gasteiger partial charge in [-0.1, -0.05) is 47.0 Å². The van der Waals surface area contributed by atoms with Gasteiger partial charge in [0.1, 0.15) is 0 Å². The zero-order valence-electron chi connectivity index (χ0n) is 14.5. The third-order valence-electron chi connectivity index (χ3n) is 3.07. The summed E-state index contributed by atoms with van der Waals surface area (Å²) in [6, 6.07) is 0. The Bertz CT molecular complexity index is 133. The number of thioether (sulfide) groups is 1. The van der Waals surface area contributed by atoms with E-state index in [1.54, 1.807) is 11.8 Å². The molecule has 0 aliphatic heterocycles.